The molecule has 0 aromatic carbocycles. The second-order valence-corrected chi connectivity index (χ2v) is 4.72. The second-order valence-electron chi connectivity index (χ2n) is 4.72. The van der Waals surface area contributed by atoms with Crippen LogP contribution < -0.4 is 5.73 Å². The minimum absolute atomic E-state index is 0.193. The molecule has 0 radical (unpaired) electrons. The van der Waals surface area contributed by atoms with Crippen LogP contribution in [0.4, 0.5) is 0 Å². The summed E-state index contributed by atoms with van der Waals surface area (Å²) in [5, 5.41) is 9.89. The molecule has 2 heterocycles. The highest BCUT2D eigenvalue weighted by molar-refractivity contribution is 5.55. The normalized spacial score (nSPS) is 13.5. The highest BCUT2D eigenvalue weighted by atomic mass is 16.3. The Balaban J connectivity index is 2.70. The number of aromatic nitrogens is 2. The molecule has 92 valence electrons. The summed E-state index contributed by atoms with van der Waals surface area (Å²) in [6, 6.07) is 4.01. The molecule has 0 bridgehead atoms. The number of aliphatic hydroxyl groups excluding tert-OH is 1. The maximum atomic E-state index is 9.89. The van der Waals surface area contributed by atoms with E-state index in [9.17, 15) is 5.11 Å². The molecule has 1 atom stereocenters. The number of aryl methyl sites for hydroxylation is 1. The molecule has 3 N–H and O–H groups in total. The van der Waals surface area contributed by atoms with Crippen molar-refractivity contribution < 1.29 is 5.11 Å². The van der Waals surface area contributed by atoms with Crippen molar-refractivity contribution in [3.8, 4) is 0 Å². The Kier molecular flexibility index (Phi) is 3.17. The number of imidazole rings is 1. The summed E-state index contributed by atoms with van der Waals surface area (Å²) in [4.78, 5) is 4.53. The van der Waals surface area contributed by atoms with Gasteiger partial charge in [-0.25, -0.2) is 4.98 Å². The van der Waals surface area contributed by atoms with Gasteiger partial charge in [-0.05, 0) is 18.6 Å². The van der Waals surface area contributed by atoms with E-state index in [-0.39, 0.29) is 6.54 Å². The lowest BCUT2D eigenvalue weighted by Crippen LogP contribution is -2.12. The van der Waals surface area contributed by atoms with E-state index in [4.69, 9.17) is 5.73 Å². The lowest BCUT2D eigenvalue weighted by molar-refractivity contribution is 0.184. The standard InChI is InChI=1S/C13H19N3O/c1-8(2)13-15-12(11(17)6-14)10-5-4-9(3)7-16(10)13/h4-5,7-8,11,17H,6,14H2,1-3H3. The summed E-state index contributed by atoms with van der Waals surface area (Å²) < 4.78 is 2.05. The van der Waals surface area contributed by atoms with E-state index in [0.717, 1.165) is 11.3 Å². The number of rotatable bonds is 3. The van der Waals surface area contributed by atoms with Crippen molar-refractivity contribution in [2.75, 3.05) is 6.54 Å². The van der Waals surface area contributed by atoms with Crippen molar-refractivity contribution in [2.45, 2.75) is 32.8 Å². The molecule has 0 fully saturated rings. The topological polar surface area (TPSA) is 63.5 Å². The Morgan fingerprint density at radius 1 is 1.41 bits per heavy atom. The molecule has 1 unspecified atom stereocenters. The number of hydrogen-bond acceptors (Lipinski definition) is 3. The largest absolute Gasteiger partial charge is 0.385 e. The van der Waals surface area contributed by atoms with Gasteiger partial charge in [-0.15, -0.1) is 0 Å². The molecule has 0 aliphatic heterocycles. The fraction of sp³-hybridized carbons (Fsp3) is 0.462. The molecule has 17 heavy (non-hydrogen) atoms. The summed E-state index contributed by atoms with van der Waals surface area (Å²) in [5.74, 6) is 1.27. The van der Waals surface area contributed by atoms with Gasteiger partial charge in [0.1, 0.15) is 11.9 Å². The Morgan fingerprint density at radius 2 is 2.12 bits per heavy atom. The lowest BCUT2D eigenvalue weighted by atomic mass is 10.2. The van der Waals surface area contributed by atoms with Crippen LogP contribution in [-0.4, -0.2) is 21.0 Å². The minimum Gasteiger partial charge on any atom is -0.385 e. The number of nitrogens with two attached hydrogens (primary N) is 1. The predicted octanol–water partition coefficient (Wildman–Crippen LogP) is 1.76. The predicted molar refractivity (Wildman–Crippen MR) is 68.0 cm³/mol. The van der Waals surface area contributed by atoms with Crippen LogP contribution in [0.25, 0.3) is 5.52 Å². The van der Waals surface area contributed by atoms with E-state index < -0.39 is 6.10 Å². The average Bonchev–Trinajstić information content (AvgIpc) is 2.66. The molecule has 2 rings (SSSR count). The molecular weight excluding hydrogens is 214 g/mol. The van der Waals surface area contributed by atoms with Crippen LogP contribution in [0.3, 0.4) is 0 Å². The first kappa shape index (κ1) is 12.1. The molecule has 0 spiro atoms. The van der Waals surface area contributed by atoms with Gasteiger partial charge in [0, 0.05) is 18.7 Å². The van der Waals surface area contributed by atoms with Gasteiger partial charge >= 0.3 is 0 Å². The Morgan fingerprint density at radius 3 is 2.71 bits per heavy atom. The Bertz CT molecular complexity index is 531. The zero-order chi connectivity index (χ0) is 12.6. The van der Waals surface area contributed by atoms with Crippen molar-refractivity contribution in [2.24, 2.45) is 5.73 Å². The molecule has 4 nitrogen and oxygen atoms in total. The van der Waals surface area contributed by atoms with Crippen LogP contribution in [0.5, 0.6) is 0 Å². The molecule has 0 aliphatic rings. The summed E-state index contributed by atoms with van der Waals surface area (Å²) in [6.07, 6.45) is 1.35. The molecule has 0 saturated carbocycles. The molecule has 0 saturated heterocycles. The van der Waals surface area contributed by atoms with Crippen LogP contribution in [0.1, 0.15) is 43.0 Å². The highest BCUT2D eigenvalue weighted by Crippen LogP contribution is 2.24. The fourth-order valence-electron chi connectivity index (χ4n) is 2.00. The van der Waals surface area contributed by atoms with Gasteiger partial charge in [0.2, 0.25) is 0 Å². The first-order valence-corrected chi connectivity index (χ1v) is 5.91. The third kappa shape index (κ3) is 2.06. The number of nitrogens with zero attached hydrogens (tertiary/aromatic N) is 2. The first-order chi connectivity index (χ1) is 8.04. The quantitative estimate of drug-likeness (QED) is 0.849. The van der Waals surface area contributed by atoms with Crippen LogP contribution >= 0.6 is 0 Å². The molecule has 0 amide bonds. The fourth-order valence-corrected chi connectivity index (χ4v) is 2.00. The van der Waals surface area contributed by atoms with Gasteiger partial charge in [-0.1, -0.05) is 19.9 Å². The molecule has 2 aromatic heterocycles. The van der Waals surface area contributed by atoms with Crippen molar-refractivity contribution in [1.29, 1.82) is 0 Å². The van der Waals surface area contributed by atoms with Gasteiger partial charge in [-0.2, -0.15) is 0 Å². The van der Waals surface area contributed by atoms with E-state index in [0.29, 0.717) is 11.6 Å². The highest BCUT2D eigenvalue weighted by Gasteiger charge is 2.18. The maximum absolute atomic E-state index is 9.89. The van der Waals surface area contributed by atoms with Gasteiger partial charge in [-0.3, -0.25) is 0 Å². The Labute approximate surface area is 101 Å². The monoisotopic (exact) mass is 233 g/mol. The second kappa shape index (κ2) is 4.47. The summed E-state index contributed by atoms with van der Waals surface area (Å²) in [7, 11) is 0. The number of hydrogen-bond donors (Lipinski definition) is 2. The summed E-state index contributed by atoms with van der Waals surface area (Å²) >= 11 is 0. The van der Waals surface area contributed by atoms with Gasteiger partial charge < -0.3 is 15.2 Å². The summed E-state index contributed by atoms with van der Waals surface area (Å²) in [6.45, 7) is 6.42. The Hall–Kier alpha value is -1.39. The third-order valence-corrected chi connectivity index (χ3v) is 2.90. The van der Waals surface area contributed by atoms with Crippen LogP contribution in [0.2, 0.25) is 0 Å². The zero-order valence-corrected chi connectivity index (χ0v) is 10.5. The SMILES string of the molecule is Cc1ccc2c(C(O)CN)nc(C(C)C)n2c1. The van der Waals surface area contributed by atoms with Crippen LogP contribution in [0, 0.1) is 6.92 Å². The lowest BCUT2D eigenvalue weighted by Gasteiger charge is -2.05. The van der Waals surface area contributed by atoms with Crippen LogP contribution in [0.15, 0.2) is 18.3 Å². The van der Waals surface area contributed by atoms with E-state index >= 15 is 0 Å². The van der Waals surface area contributed by atoms with Crippen molar-refractivity contribution in [1.82, 2.24) is 9.38 Å². The molecule has 2 aromatic rings. The molecule has 0 aliphatic carbocycles. The number of aliphatic hydroxyl groups is 1. The molecular formula is C13H19N3O. The van der Waals surface area contributed by atoms with Crippen molar-refractivity contribution in [3.63, 3.8) is 0 Å². The molecule has 4 heteroatoms. The van der Waals surface area contributed by atoms with E-state index in [2.05, 4.69) is 18.8 Å². The van der Waals surface area contributed by atoms with Crippen molar-refractivity contribution >= 4 is 5.52 Å². The van der Waals surface area contributed by atoms with E-state index in [1.165, 1.54) is 5.56 Å². The maximum Gasteiger partial charge on any atom is 0.116 e. The van der Waals surface area contributed by atoms with Crippen LogP contribution in [-0.2, 0) is 0 Å². The zero-order valence-electron chi connectivity index (χ0n) is 10.5. The van der Waals surface area contributed by atoms with Crippen molar-refractivity contribution in [3.05, 3.63) is 35.4 Å². The first-order valence-electron chi connectivity index (χ1n) is 5.91. The number of fused-ring (bicyclic) bond motifs is 1. The third-order valence-electron chi connectivity index (χ3n) is 2.90. The van der Waals surface area contributed by atoms with Gasteiger partial charge in [0.25, 0.3) is 0 Å². The van der Waals surface area contributed by atoms with E-state index in [1.807, 2.05) is 29.7 Å². The van der Waals surface area contributed by atoms with Gasteiger partial charge in [0.05, 0.1) is 11.2 Å². The smallest absolute Gasteiger partial charge is 0.116 e. The van der Waals surface area contributed by atoms with E-state index in [1.54, 1.807) is 0 Å². The minimum atomic E-state index is -0.694. The number of pyridine rings is 1. The average molecular weight is 233 g/mol. The van der Waals surface area contributed by atoms with Gasteiger partial charge in [0.15, 0.2) is 0 Å². The summed E-state index contributed by atoms with van der Waals surface area (Å²) in [5.41, 5.74) is 8.30.